The smallest absolute Gasteiger partial charge is 0.255 e. The van der Waals surface area contributed by atoms with Gasteiger partial charge in [0.25, 0.3) is 5.91 Å². The molecule has 0 aliphatic rings. The van der Waals surface area contributed by atoms with Crippen LogP contribution in [0.4, 0.5) is 0 Å². The number of pyridine rings is 1. The first-order valence-electron chi connectivity index (χ1n) is 6.31. The molecule has 1 heterocycles. The fraction of sp³-hybridized carbons (Fsp3) is 0.125. The van der Waals surface area contributed by atoms with E-state index in [1.807, 2.05) is 26.0 Å². The average molecular weight is 268 g/mol. The van der Waals surface area contributed by atoms with E-state index in [4.69, 9.17) is 4.74 Å². The van der Waals surface area contributed by atoms with Crippen LogP contribution in [-0.2, 0) is 0 Å². The molecule has 2 rings (SSSR count). The van der Waals surface area contributed by atoms with Crippen molar-refractivity contribution in [2.45, 2.75) is 13.8 Å². The first-order valence-corrected chi connectivity index (χ1v) is 6.31. The van der Waals surface area contributed by atoms with Gasteiger partial charge in [-0.3, -0.25) is 9.78 Å². The lowest BCUT2D eigenvalue weighted by Gasteiger charge is -2.08. The molecule has 0 aliphatic carbocycles. The highest BCUT2D eigenvalue weighted by atomic mass is 16.5. The molecule has 102 valence electrons. The maximum absolute atomic E-state index is 12.0. The largest absolute Gasteiger partial charge is 0.456 e. The van der Waals surface area contributed by atoms with E-state index >= 15 is 0 Å². The Labute approximate surface area is 118 Å². The van der Waals surface area contributed by atoms with Crippen molar-refractivity contribution in [1.29, 1.82) is 0 Å². The van der Waals surface area contributed by atoms with Gasteiger partial charge in [0.2, 0.25) is 0 Å². The van der Waals surface area contributed by atoms with E-state index in [9.17, 15) is 4.79 Å². The van der Waals surface area contributed by atoms with Gasteiger partial charge in [0, 0.05) is 17.5 Å². The van der Waals surface area contributed by atoms with E-state index in [-0.39, 0.29) is 5.91 Å². The lowest BCUT2D eigenvalue weighted by molar-refractivity contribution is 0.0965. The molecule has 20 heavy (non-hydrogen) atoms. The Hall–Kier alpha value is -2.62. The van der Waals surface area contributed by atoms with Crippen LogP contribution in [0.5, 0.6) is 11.5 Å². The normalized spacial score (nSPS) is 11.0. The number of aromatic nitrogens is 1. The summed E-state index contributed by atoms with van der Waals surface area (Å²) >= 11 is 0. The summed E-state index contributed by atoms with van der Waals surface area (Å²) in [6.45, 7) is 3.71. The third-order valence-electron chi connectivity index (χ3n) is 2.71. The van der Waals surface area contributed by atoms with Crippen molar-refractivity contribution in [3.63, 3.8) is 0 Å². The molecular formula is C16H16N2O2. The standard InChI is InChI=1S/C16H16N2O2/c1-3-12(2)18-16(19)13-6-4-7-14(10-13)20-15-8-5-9-17-11-15/h3-11H,1-2H3,(H,18,19). The zero-order valence-corrected chi connectivity index (χ0v) is 11.5. The molecule has 1 amide bonds. The van der Waals surface area contributed by atoms with Gasteiger partial charge >= 0.3 is 0 Å². The predicted molar refractivity (Wildman–Crippen MR) is 77.7 cm³/mol. The second-order valence-corrected chi connectivity index (χ2v) is 4.24. The van der Waals surface area contributed by atoms with Crippen molar-refractivity contribution in [1.82, 2.24) is 10.3 Å². The van der Waals surface area contributed by atoms with E-state index < -0.39 is 0 Å². The molecule has 0 bridgehead atoms. The molecule has 0 unspecified atom stereocenters. The number of hydrogen-bond donors (Lipinski definition) is 1. The van der Waals surface area contributed by atoms with Gasteiger partial charge in [0.15, 0.2) is 0 Å². The van der Waals surface area contributed by atoms with Crippen LogP contribution >= 0.6 is 0 Å². The van der Waals surface area contributed by atoms with Gasteiger partial charge in [-0.2, -0.15) is 0 Å². The van der Waals surface area contributed by atoms with Gasteiger partial charge in [-0.15, -0.1) is 0 Å². The van der Waals surface area contributed by atoms with Crippen molar-refractivity contribution in [3.8, 4) is 11.5 Å². The summed E-state index contributed by atoms with van der Waals surface area (Å²) in [5.41, 5.74) is 1.36. The van der Waals surface area contributed by atoms with Gasteiger partial charge in [-0.05, 0) is 44.2 Å². The second kappa shape index (κ2) is 6.52. The third kappa shape index (κ3) is 3.68. The van der Waals surface area contributed by atoms with Gasteiger partial charge in [-0.25, -0.2) is 0 Å². The van der Waals surface area contributed by atoms with Crippen molar-refractivity contribution >= 4 is 5.91 Å². The van der Waals surface area contributed by atoms with E-state index in [0.29, 0.717) is 17.1 Å². The van der Waals surface area contributed by atoms with Crippen LogP contribution in [0.3, 0.4) is 0 Å². The lowest BCUT2D eigenvalue weighted by atomic mass is 10.2. The zero-order chi connectivity index (χ0) is 14.4. The molecule has 0 fully saturated rings. The number of allylic oxidation sites excluding steroid dienone is 2. The first kappa shape index (κ1) is 13.8. The van der Waals surface area contributed by atoms with E-state index in [1.54, 1.807) is 42.7 Å². The summed E-state index contributed by atoms with van der Waals surface area (Å²) < 4.78 is 5.64. The van der Waals surface area contributed by atoms with Crippen molar-refractivity contribution in [3.05, 3.63) is 66.1 Å². The molecule has 1 aromatic heterocycles. The second-order valence-electron chi connectivity index (χ2n) is 4.24. The van der Waals surface area contributed by atoms with Crippen LogP contribution < -0.4 is 10.1 Å². The predicted octanol–water partition coefficient (Wildman–Crippen LogP) is 3.53. The Bertz CT molecular complexity index is 621. The molecular weight excluding hydrogens is 252 g/mol. The molecule has 0 atom stereocenters. The molecule has 4 heteroatoms. The Morgan fingerprint density at radius 3 is 2.75 bits per heavy atom. The number of amides is 1. The van der Waals surface area contributed by atoms with Gasteiger partial charge < -0.3 is 10.1 Å². The quantitative estimate of drug-likeness (QED) is 0.922. The summed E-state index contributed by atoms with van der Waals surface area (Å²) in [5.74, 6) is 1.08. The van der Waals surface area contributed by atoms with E-state index in [1.165, 1.54) is 0 Å². The minimum Gasteiger partial charge on any atom is -0.456 e. The number of rotatable bonds is 4. The van der Waals surface area contributed by atoms with Crippen LogP contribution in [-0.4, -0.2) is 10.9 Å². The maximum Gasteiger partial charge on any atom is 0.255 e. The number of nitrogens with zero attached hydrogens (tertiary/aromatic N) is 1. The summed E-state index contributed by atoms with van der Waals surface area (Å²) in [6, 6.07) is 10.6. The van der Waals surface area contributed by atoms with Crippen LogP contribution in [0.2, 0.25) is 0 Å². The number of ether oxygens (including phenoxy) is 1. The van der Waals surface area contributed by atoms with Crippen molar-refractivity contribution < 1.29 is 9.53 Å². The molecule has 0 spiro atoms. The summed E-state index contributed by atoms with van der Waals surface area (Å²) in [5, 5.41) is 2.79. The topological polar surface area (TPSA) is 51.2 Å². The third-order valence-corrected chi connectivity index (χ3v) is 2.71. The highest BCUT2D eigenvalue weighted by Crippen LogP contribution is 2.21. The fourth-order valence-corrected chi connectivity index (χ4v) is 1.57. The summed E-state index contributed by atoms with van der Waals surface area (Å²) in [7, 11) is 0. The number of carbonyl (C=O) groups is 1. The van der Waals surface area contributed by atoms with Crippen LogP contribution in [0.1, 0.15) is 24.2 Å². The Morgan fingerprint density at radius 1 is 1.25 bits per heavy atom. The minimum absolute atomic E-state index is 0.155. The van der Waals surface area contributed by atoms with Crippen molar-refractivity contribution in [2.75, 3.05) is 0 Å². The Kier molecular flexibility index (Phi) is 4.50. The molecule has 0 saturated carbocycles. The van der Waals surface area contributed by atoms with Crippen LogP contribution in [0.25, 0.3) is 0 Å². The highest BCUT2D eigenvalue weighted by molar-refractivity contribution is 5.95. The average Bonchev–Trinajstić information content (AvgIpc) is 2.48. The number of carbonyl (C=O) groups excluding carboxylic acids is 1. The monoisotopic (exact) mass is 268 g/mol. The van der Waals surface area contributed by atoms with Gasteiger partial charge in [0.1, 0.15) is 11.5 Å². The lowest BCUT2D eigenvalue weighted by Crippen LogP contribution is -2.21. The molecule has 0 saturated heterocycles. The molecule has 0 aliphatic heterocycles. The van der Waals surface area contributed by atoms with Gasteiger partial charge in [-0.1, -0.05) is 12.1 Å². The van der Waals surface area contributed by atoms with Crippen molar-refractivity contribution in [2.24, 2.45) is 0 Å². The van der Waals surface area contributed by atoms with Crippen LogP contribution in [0.15, 0.2) is 60.6 Å². The van der Waals surface area contributed by atoms with E-state index in [0.717, 1.165) is 5.70 Å². The Morgan fingerprint density at radius 2 is 2.05 bits per heavy atom. The molecule has 4 nitrogen and oxygen atoms in total. The molecule has 1 N–H and O–H groups in total. The first-order chi connectivity index (χ1) is 9.69. The molecule has 2 aromatic rings. The fourth-order valence-electron chi connectivity index (χ4n) is 1.57. The number of hydrogen-bond acceptors (Lipinski definition) is 3. The zero-order valence-electron chi connectivity index (χ0n) is 11.5. The molecule has 0 radical (unpaired) electrons. The Balaban J connectivity index is 2.14. The summed E-state index contributed by atoms with van der Waals surface area (Å²) in [4.78, 5) is 16.0. The molecule has 1 aromatic carbocycles. The summed E-state index contributed by atoms with van der Waals surface area (Å²) in [6.07, 6.45) is 5.14. The maximum atomic E-state index is 12.0. The highest BCUT2D eigenvalue weighted by Gasteiger charge is 2.07. The van der Waals surface area contributed by atoms with Gasteiger partial charge in [0.05, 0.1) is 6.20 Å². The van der Waals surface area contributed by atoms with E-state index in [2.05, 4.69) is 10.3 Å². The number of benzene rings is 1. The SMILES string of the molecule is CC=C(C)NC(=O)c1cccc(Oc2cccnc2)c1. The van der Waals surface area contributed by atoms with Crippen LogP contribution in [0, 0.1) is 0 Å². The number of nitrogens with one attached hydrogen (secondary N) is 1. The minimum atomic E-state index is -0.155.